The van der Waals surface area contributed by atoms with Gasteiger partial charge in [0, 0.05) is 17.8 Å². The van der Waals surface area contributed by atoms with Crippen molar-refractivity contribution in [1.82, 2.24) is 10.2 Å². The first-order valence-electron chi connectivity index (χ1n) is 6.95. The van der Waals surface area contributed by atoms with Crippen molar-refractivity contribution >= 4 is 23.2 Å². The Hall–Kier alpha value is -1.26. The van der Waals surface area contributed by atoms with Gasteiger partial charge in [0.2, 0.25) is 0 Å². The summed E-state index contributed by atoms with van der Waals surface area (Å²) in [5.41, 5.74) is 6.77. The second kappa shape index (κ2) is 6.02. The van der Waals surface area contributed by atoms with Gasteiger partial charge >= 0.3 is 0 Å². The highest BCUT2D eigenvalue weighted by Gasteiger charge is 2.36. The summed E-state index contributed by atoms with van der Waals surface area (Å²) >= 11 is 6.06. The molecule has 20 heavy (non-hydrogen) atoms. The highest BCUT2D eigenvalue weighted by atomic mass is 35.5. The van der Waals surface area contributed by atoms with Crippen LogP contribution in [0, 0.1) is 0 Å². The van der Waals surface area contributed by atoms with Gasteiger partial charge in [-0.3, -0.25) is 4.79 Å². The van der Waals surface area contributed by atoms with Crippen molar-refractivity contribution in [2.75, 3.05) is 26.4 Å². The van der Waals surface area contributed by atoms with Crippen LogP contribution in [0.25, 0.3) is 0 Å². The van der Waals surface area contributed by atoms with Gasteiger partial charge < -0.3 is 16.0 Å². The Morgan fingerprint density at radius 2 is 2.05 bits per heavy atom. The van der Waals surface area contributed by atoms with E-state index in [0.29, 0.717) is 22.8 Å². The molecule has 0 radical (unpaired) electrons. The van der Waals surface area contributed by atoms with E-state index in [4.69, 9.17) is 17.3 Å². The van der Waals surface area contributed by atoms with Crippen molar-refractivity contribution in [3.05, 3.63) is 28.8 Å². The maximum absolute atomic E-state index is 12.3. The fourth-order valence-corrected chi connectivity index (χ4v) is 3.08. The minimum absolute atomic E-state index is 0.0719. The Balaban J connectivity index is 2.06. The van der Waals surface area contributed by atoms with Gasteiger partial charge in [-0.2, -0.15) is 0 Å². The van der Waals surface area contributed by atoms with E-state index in [1.54, 1.807) is 18.2 Å². The van der Waals surface area contributed by atoms with E-state index in [-0.39, 0.29) is 11.4 Å². The van der Waals surface area contributed by atoms with Gasteiger partial charge in [-0.1, -0.05) is 24.4 Å². The van der Waals surface area contributed by atoms with Crippen LogP contribution in [-0.4, -0.2) is 37.0 Å². The fourth-order valence-electron chi connectivity index (χ4n) is 2.87. The summed E-state index contributed by atoms with van der Waals surface area (Å²) in [7, 11) is 4.15. The van der Waals surface area contributed by atoms with Crippen molar-refractivity contribution < 1.29 is 4.79 Å². The minimum Gasteiger partial charge on any atom is -0.399 e. The molecule has 1 fully saturated rings. The molecular weight excluding hydrogens is 274 g/mol. The van der Waals surface area contributed by atoms with Gasteiger partial charge in [-0.05, 0) is 45.1 Å². The van der Waals surface area contributed by atoms with Crippen molar-refractivity contribution in [3.63, 3.8) is 0 Å². The Morgan fingerprint density at radius 3 is 2.65 bits per heavy atom. The molecule has 3 N–H and O–H groups in total. The van der Waals surface area contributed by atoms with Gasteiger partial charge in [-0.15, -0.1) is 0 Å². The zero-order valence-corrected chi connectivity index (χ0v) is 12.8. The zero-order chi connectivity index (χ0) is 14.8. The third kappa shape index (κ3) is 3.07. The lowest BCUT2D eigenvalue weighted by Gasteiger charge is -2.36. The van der Waals surface area contributed by atoms with Crippen LogP contribution in [0.15, 0.2) is 18.2 Å². The summed E-state index contributed by atoms with van der Waals surface area (Å²) in [6.07, 6.45) is 4.66. The summed E-state index contributed by atoms with van der Waals surface area (Å²) in [6, 6.07) is 4.97. The highest BCUT2D eigenvalue weighted by molar-refractivity contribution is 6.34. The number of anilines is 1. The summed E-state index contributed by atoms with van der Waals surface area (Å²) in [6.45, 7) is 0.643. The number of nitrogens with zero attached hydrogens (tertiary/aromatic N) is 1. The average molecular weight is 296 g/mol. The molecule has 0 aliphatic heterocycles. The minimum atomic E-state index is -0.157. The van der Waals surface area contributed by atoms with E-state index in [1.807, 2.05) is 0 Å². The number of halogens is 1. The molecule has 1 aliphatic carbocycles. The number of nitrogens with one attached hydrogen (secondary N) is 1. The summed E-state index contributed by atoms with van der Waals surface area (Å²) in [4.78, 5) is 14.5. The number of hydrogen-bond donors (Lipinski definition) is 2. The SMILES string of the molecule is CN(C)C1(CNC(=O)c2cc(N)ccc2Cl)CCCC1. The molecule has 110 valence electrons. The zero-order valence-electron chi connectivity index (χ0n) is 12.1. The van der Waals surface area contributed by atoms with Gasteiger partial charge in [0.05, 0.1) is 10.6 Å². The molecule has 5 heteroatoms. The number of carbonyl (C=O) groups is 1. The third-order valence-corrected chi connectivity index (χ3v) is 4.63. The van der Waals surface area contributed by atoms with Crippen LogP contribution in [0.1, 0.15) is 36.0 Å². The van der Waals surface area contributed by atoms with E-state index in [9.17, 15) is 4.79 Å². The number of nitrogens with two attached hydrogens (primary N) is 1. The van der Waals surface area contributed by atoms with Crippen molar-refractivity contribution in [2.24, 2.45) is 0 Å². The van der Waals surface area contributed by atoms with Crippen LogP contribution in [0.2, 0.25) is 5.02 Å². The summed E-state index contributed by atoms with van der Waals surface area (Å²) in [5, 5.41) is 3.44. The molecule has 0 heterocycles. The highest BCUT2D eigenvalue weighted by Crippen LogP contribution is 2.33. The van der Waals surface area contributed by atoms with Crippen molar-refractivity contribution in [2.45, 2.75) is 31.2 Å². The second-order valence-electron chi connectivity index (χ2n) is 5.75. The summed E-state index contributed by atoms with van der Waals surface area (Å²) < 4.78 is 0. The van der Waals surface area contributed by atoms with E-state index < -0.39 is 0 Å². The van der Waals surface area contributed by atoms with Crippen molar-refractivity contribution in [3.8, 4) is 0 Å². The predicted octanol–water partition coefficient (Wildman–Crippen LogP) is 2.53. The van der Waals surface area contributed by atoms with E-state index in [0.717, 1.165) is 12.8 Å². The maximum Gasteiger partial charge on any atom is 0.252 e. The number of amides is 1. The number of benzene rings is 1. The van der Waals surface area contributed by atoms with Crippen LogP contribution in [0.4, 0.5) is 5.69 Å². The first-order chi connectivity index (χ1) is 9.44. The standard InChI is InChI=1S/C15H22ClN3O/c1-19(2)15(7-3-4-8-15)10-18-14(20)12-9-11(17)5-6-13(12)16/h5-6,9H,3-4,7-8,10,17H2,1-2H3,(H,18,20). The van der Waals surface area contributed by atoms with Crippen molar-refractivity contribution in [1.29, 1.82) is 0 Å². The monoisotopic (exact) mass is 295 g/mol. The topological polar surface area (TPSA) is 58.4 Å². The lowest BCUT2D eigenvalue weighted by atomic mass is 9.96. The number of carbonyl (C=O) groups excluding carboxylic acids is 1. The van der Waals surface area contributed by atoms with Gasteiger partial charge in [0.25, 0.3) is 5.91 Å². The van der Waals surface area contributed by atoms with E-state index in [1.165, 1.54) is 12.8 Å². The molecule has 1 aromatic carbocycles. The number of rotatable bonds is 4. The maximum atomic E-state index is 12.3. The molecular formula is C15H22ClN3O. The smallest absolute Gasteiger partial charge is 0.252 e. The molecule has 0 aromatic heterocycles. The van der Waals surface area contributed by atoms with Crippen LogP contribution >= 0.6 is 11.6 Å². The number of nitrogen functional groups attached to an aromatic ring is 1. The third-order valence-electron chi connectivity index (χ3n) is 4.30. The Bertz CT molecular complexity index is 496. The molecule has 4 nitrogen and oxygen atoms in total. The molecule has 1 aliphatic rings. The first kappa shape index (κ1) is 15.1. The van der Waals surface area contributed by atoms with E-state index >= 15 is 0 Å². The number of hydrogen-bond acceptors (Lipinski definition) is 3. The van der Waals surface area contributed by atoms with Gasteiger partial charge in [0.1, 0.15) is 0 Å². The first-order valence-corrected chi connectivity index (χ1v) is 7.33. The van der Waals surface area contributed by atoms with Gasteiger partial charge in [0.15, 0.2) is 0 Å². The lowest BCUT2D eigenvalue weighted by molar-refractivity contribution is 0.0900. The van der Waals surface area contributed by atoms with Crippen LogP contribution in [0.3, 0.4) is 0 Å². The normalized spacial score (nSPS) is 17.4. The molecule has 1 saturated carbocycles. The Kier molecular flexibility index (Phi) is 4.55. The molecule has 0 saturated heterocycles. The molecule has 1 amide bonds. The predicted molar refractivity (Wildman–Crippen MR) is 83.1 cm³/mol. The van der Waals surface area contributed by atoms with Crippen LogP contribution in [-0.2, 0) is 0 Å². The van der Waals surface area contributed by atoms with Crippen LogP contribution < -0.4 is 11.1 Å². The fraction of sp³-hybridized carbons (Fsp3) is 0.533. The average Bonchev–Trinajstić information content (AvgIpc) is 2.89. The van der Waals surface area contributed by atoms with Gasteiger partial charge in [-0.25, -0.2) is 0 Å². The van der Waals surface area contributed by atoms with Crippen LogP contribution in [0.5, 0.6) is 0 Å². The Labute approximate surface area is 125 Å². The largest absolute Gasteiger partial charge is 0.399 e. The summed E-state index contributed by atoms with van der Waals surface area (Å²) in [5.74, 6) is -0.157. The molecule has 0 spiro atoms. The molecule has 2 rings (SSSR count). The molecule has 0 unspecified atom stereocenters. The Morgan fingerprint density at radius 1 is 1.40 bits per heavy atom. The lowest BCUT2D eigenvalue weighted by Crippen LogP contribution is -2.50. The second-order valence-corrected chi connectivity index (χ2v) is 6.16. The molecule has 0 bridgehead atoms. The molecule has 1 aromatic rings. The quantitative estimate of drug-likeness (QED) is 0.839. The number of likely N-dealkylation sites (N-methyl/N-ethyl adjacent to an activating group) is 1. The van der Waals surface area contributed by atoms with E-state index in [2.05, 4.69) is 24.3 Å². The molecule has 0 atom stereocenters.